The number of benzene rings is 1. The molecule has 0 unspecified atom stereocenters. The molecule has 102 valence electrons. The minimum atomic E-state index is -2.81. The van der Waals surface area contributed by atoms with Gasteiger partial charge in [0.25, 0.3) is 5.92 Å². The van der Waals surface area contributed by atoms with Crippen LogP contribution in [-0.2, 0) is 5.92 Å². The zero-order valence-electron chi connectivity index (χ0n) is 11.7. The number of hydrogen-bond acceptors (Lipinski definition) is 2. The van der Waals surface area contributed by atoms with E-state index in [0.717, 1.165) is 5.56 Å². The molecular weight excluding hydrogens is 236 g/mol. The quantitative estimate of drug-likeness (QED) is 0.873. The van der Waals surface area contributed by atoms with Crippen LogP contribution >= 0.6 is 0 Å². The summed E-state index contributed by atoms with van der Waals surface area (Å²) in [5.74, 6) is -2.15. The van der Waals surface area contributed by atoms with Gasteiger partial charge in [0.05, 0.1) is 7.11 Å². The first kappa shape index (κ1) is 14.9. The first-order valence-electron chi connectivity index (χ1n) is 6.02. The van der Waals surface area contributed by atoms with Gasteiger partial charge in [-0.25, -0.2) is 8.78 Å². The van der Waals surface area contributed by atoms with Crippen LogP contribution in [0.15, 0.2) is 6.07 Å². The minimum Gasteiger partial charge on any atom is -0.496 e. The van der Waals surface area contributed by atoms with Crippen molar-refractivity contribution in [1.82, 2.24) is 5.32 Å². The fraction of sp³-hybridized carbons (Fsp3) is 0.571. The van der Waals surface area contributed by atoms with Crippen LogP contribution < -0.4 is 10.1 Å². The van der Waals surface area contributed by atoms with Gasteiger partial charge in [-0.15, -0.1) is 0 Å². The van der Waals surface area contributed by atoms with E-state index >= 15 is 0 Å². The third-order valence-corrected chi connectivity index (χ3v) is 3.32. The van der Waals surface area contributed by atoms with Gasteiger partial charge in [0.2, 0.25) is 0 Å². The van der Waals surface area contributed by atoms with Gasteiger partial charge in [0.15, 0.2) is 0 Å². The van der Waals surface area contributed by atoms with Gasteiger partial charge >= 0.3 is 0 Å². The van der Waals surface area contributed by atoms with E-state index in [2.05, 4.69) is 5.32 Å². The summed E-state index contributed by atoms with van der Waals surface area (Å²) in [7, 11) is 3.23. The van der Waals surface area contributed by atoms with E-state index in [4.69, 9.17) is 4.74 Å². The van der Waals surface area contributed by atoms with Gasteiger partial charge in [-0.3, -0.25) is 0 Å². The third-order valence-electron chi connectivity index (χ3n) is 3.32. The standard InChI is InChI=1S/C14H21F2NO/c1-9-8-12(18-5)10(2)11(3)13(9)14(15,16)6-7-17-4/h8,17H,6-7H2,1-5H3. The zero-order chi connectivity index (χ0) is 13.9. The molecule has 0 fully saturated rings. The summed E-state index contributed by atoms with van der Waals surface area (Å²) in [4.78, 5) is 0. The molecule has 0 aliphatic rings. The van der Waals surface area contributed by atoms with Crippen molar-refractivity contribution in [3.05, 3.63) is 28.3 Å². The molecule has 1 aromatic carbocycles. The number of aryl methyl sites for hydroxylation is 1. The highest BCUT2D eigenvalue weighted by atomic mass is 19.3. The molecule has 0 heterocycles. The van der Waals surface area contributed by atoms with E-state index in [1.165, 1.54) is 0 Å². The molecule has 0 spiro atoms. The first-order chi connectivity index (χ1) is 8.35. The number of nitrogens with one attached hydrogen (secondary N) is 1. The number of hydrogen-bond donors (Lipinski definition) is 1. The Morgan fingerprint density at radius 1 is 1.22 bits per heavy atom. The van der Waals surface area contributed by atoms with Crippen molar-refractivity contribution < 1.29 is 13.5 Å². The number of ether oxygens (including phenoxy) is 1. The largest absolute Gasteiger partial charge is 0.496 e. The van der Waals surface area contributed by atoms with Crippen molar-refractivity contribution in [2.75, 3.05) is 20.7 Å². The molecule has 18 heavy (non-hydrogen) atoms. The van der Waals surface area contributed by atoms with Gasteiger partial charge in [0, 0.05) is 18.5 Å². The normalized spacial score (nSPS) is 11.7. The lowest BCUT2D eigenvalue weighted by atomic mass is 9.91. The van der Waals surface area contributed by atoms with Crippen molar-refractivity contribution in [3.8, 4) is 5.75 Å². The zero-order valence-corrected chi connectivity index (χ0v) is 11.7. The van der Waals surface area contributed by atoms with Crippen molar-refractivity contribution in [2.24, 2.45) is 0 Å². The van der Waals surface area contributed by atoms with Crippen molar-refractivity contribution in [1.29, 1.82) is 0 Å². The van der Waals surface area contributed by atoms with E-state index < -0.39 is 5.92 Å². The van der Waals surface area contributed by atoms with Gasteiger partial charge in [-0.2, -0.15) is 0 Å². The predicted octanol–water partition coefficient (Wildman–Crippen LogP) is 3.32. The number of methoxy groups -OCH3 is 1. The lowest BCUT2D eigenvalue weighted by Crippen LogP contribution is -2.23. The summed E-state index contributed by atoms with van der Waals surface area (Å²) in [5.41, 5.74) is 2.11. The maximum atomic E-state index is 14.2. The van der Waals surface area contributed by atoms with Crippen molar-refractivity contribution in [3.63, 3.8) is 0 Å². The fourth-order valence-electron chi connectivity index (χ4n) is 2.23. The summed E-state index contributed by atoms with van der Waals surface area (Å²) in [6, 6.07) is 1.69. The van der Waals surface area contributed by atoms with Crippen molar-refractivity contribution in [2.45, 2.75) is 33.1 Å². The molecule has 0 saturated carbocycles. The summed E-state index contributed by atoms with van der Waals surface area (Å²) in [5, 5.41) is 2.76. The van der Waals surface area contributed by atoms with Gasteiger partial charge < -0.3 is 10.1 Å². The molecule has 0 saturated heterocycles. The van der Waals surface area contributed by atoms with E-state index in [0.29, 0.717) is 16.9 Å². The first-order valence-corrected chi connectivity index (χ1v) is 6.02. The molecule has 0 aliphatic carbocycles. The maximum Gasteiger partial charge on any atom is 0.275 e. The average Bonchev–Trinajstić information content (AvgIpc) is 2.31. The highest BCUT2D eigenvalue weighted by Gasteiger charge is 2.35. The van der Waals surface area contributed by atoms with Crippen LogP contribution in [0.1, 0.15) is 28.7 Å². The van der Waals surface area contributed by atoms with Crippen LogP contribution in [0.25, 0.3) is 0 Å². The van der Waals surface area contributed by atoms with Crippen LogP contribution in [-0.4, -0.2) is 20.7 Å². The Hall–Kier alpha value is -1.16. The molecule has 0 aliphatic heterocycles. The van der Waals surface area contributed by atoms with Gasteiger partial charge in [-0.1, -0.05) is 0 Å². The molecule has 0 radical (unpaired) electrons. The van der Waals surface area contributed by atoms with Crippen LogP contribution in [0.2, 0.25) is 0 Å². The van der Waals surface area contributed by atoms with E-state index in [1.807, 2.05) is 6.92 Å². The maximum absolute atomic E-state index is 14.2. The minimum absolute atomic E-state index is 0.135. The topological polar surface area (TPSA) is 21.3 Å². The molecule has 1 rings (SSSR count). The Kier molecular flexibility index (Phi) is 4.68. The number of rotatable bonds is 5. The molecule has 0 aromatic heterocycles. The SMILES string of the molecule is CNCCC(F)(F)c1c(C)cc(OC)c(C)c1C. The highest BCUT2D eigenvalue weighted by Crippen LogP contribution is 2.39. The Labute approximate surface area is 107 Å². The van der Waals surface area contributed by atoms with Gasteiger partial charge in [-0.05, 0) is 50.6 Å². The second-order valence-corrected chi connectivity index (χ2v) is 4.58. The average molecular weight is 257 g/mol. The summed E-state index contributed by atoms with van der Waals surface area (Å²) >= 11 is 0. The Balaban J connectivity index is 3.28. The predicted molar refractivity (Wildman–Crippen MR) is 69.6 cm³/mol. The molecule has 1 aromatic rings. The molecule has 0 amide bonds. The van der Waals surface area contributed by atoms with Crippen LogP contribution in [0.4, 0.5) is 8.78 Å². The molecule has 0 bridgehead atoms. The molecule has 2 nitrogen and oxygen atoms in total. The van der Waals surface area contributed by atoms with Gasteiger partial charge in [0.1, 0.15) is 5.75 Å². The second kappa shape index (κ2) is 5.65. The number of halogens is 2. The summed E-state index contributed by atoms with van der Waals surface area (Å²) in [6.07, 6.45) is -0.197. The van der Waals surface area contributed by atoms with E-state index in [9.17, 15) is 8.78 Å². The molecular formula is C14H21F2NO. The Bertz CT molecular complexity index is 430. The number of alkyl halides is 2. The molecule has 0 atom stereocenters. The Morgan fingerprint density at radius 3 is 2.33 bits per heavy atom. The lowest BCUT2D eigenvalue weighted by Gasteiger charge is -2.23. The smallest absolute Gasteiger partial charge is 0.275 e. The highest BCUT2D eigenvalue weighted by molar-refractivity contribution is 5.49. The van der Waals surface area contributed by atoms with Crippen LogP contribution in [0.3, 0.4) is 0 Å². The van der Waals surface area contributed by atoms with Crippen LogP contribution in [0, 0.1) is 20.8 Å². The summed E-state index contributed by atoms with van der Waals surface area (Å²) in [6.45, 7) is 5.53. The lowest BCUT2D eigenvalue weighted by molar-refractivity contribution is -0.0136. The summed E-state index contributed by atoms with van der Waals surface area (Å²) < 4.78 is 33.6. The van der Waals surface area contributed by atoms with E-state index in [1.54, 1.807) is 34.1 Å². The van der Waals surface area contributed by atoms with Crippen molar-refractivity contribution >= 4 is 0 Å². The van der Waals surface area contributed by atoms with Crippen LogP contribution in [0.5, 0.6) is 5.75 Å². The Morgan fingerprint density at radius 2 is 1.83 bits per heavy atom. The molecule has 4 heteroatoms. The third kappa shape index (κ3) is 2.80. The monoisotopic (exact) mass is 257 g/mol. The molecule has 1 N–H and O–H groups in total. The van der Waals surface area contributed by atoms with E-state index in [-0.39, 0.29) is 18.5 Å². The fourth-order valence-corrected chi connectivity index (χ4v) is 2.23. The second-order valence-electron chi connectivity index (χ2n) is 4.58.